The van der Waals surface area contributed by atoms with E-state index < -0.39 is 11.0 Å². The number of hydrogen-bond donors (Lipinski definition) is 1. The first kappa shape index (κ1) is 13.1. The van der Waals surface area contributed by atoms with E-state index in [0.29, 0.717) is 6.42 Å². The summed E-state index contributed by atoms with van der Waals surface area (Å²) in [6.45, 7) is 1.77. The molecule has 0 spiro atoms. The van der Waals surface area contributed by atoms with Crippen LogP contribution in [-0.4, -0.2) is 24.0 Å². The Kier molecular flexibility index (Phi) is 4.17. The predicted octanol–water partition coefficient (Wildman–Crippen LogP) is 0.229. The van der Waals surface area contributed by atoms with Crippen LogP contribution in [0, 0.1) is 17.0 Å². The molecule has 0 aliphatic carbocycles. The number of quaternary nitrogens is 1. The lowest BCUT2D eigenvalue weighted by molar-refractivity contribution is -0.407. The quantitative estimate of drug-likeness (QED) is 0.462. The molecule has 92 valence electrons. The maximum absolute atomic E-state index is 11.2. The first-order chi connectivity index (χ1) is 7.95. The van der Waals surface area contributed by atoms with Crippen molar-refractivity contribution in [3.8, 4) is 0 Å². The van der Waals surface area contributed by atoms with Crippen molar-refractivity contribution >= 4 is 11.7 Å². The highest BCUT2D eigenvalue weighted by Crippen LogP contribution is 2.18. The molecule has 3 N–H and O–H groups in total. The van der Waals surface area contributed by atoms with E-state index in [0.717, 1.165) is 11.1 Å². The lowest BCUT2D eigenvalue weighted by Crippen LogP contribution is -2.66. The highest BCUT2D eigenvalue weighted by molar-refractivity contribution is 5.74. The van der Waals surface area contributed by atoms with Crippen LogP contribution in [0.2, 0.25) is 0 Å². The fourth-order valence-electron chi connectivity index (χ4n) is 1.54. The van der Waals surface area contributed by atoms with Crippen LogP contribution in [0.4, 0.5) is 5.69 Å². The van der Waals surface area contributed by atoms with Gasteiger partial charge in [-0.3, -0.25) is 10.1 Å². The highest BCUT2D eigenvalue weighted by atomic mass is 16.6. The van der Waals surface area contributed by atoms with E-state index in [9.17, 15) is 14.9 Å². The number of hydrogen-bond acceptors (Lipinski definition) is 4. The molecule has 1 rings (SSSR count). The number of aryl methyl sites for hydroxylation is 1. The lowest BCUT2D eigenvalue weighted by Gasteiger charge is -2.08. The van der Waals surface area contributed by atoms with E-state index in [2.05, 4.69) is 10.5 Å². The lowest BCUT2D eigenvalue weighted by atomic mass is 10.0. The monoisotopic (exact) mass is 239 g/mol. The minimum Gasteiger partial charge on any atom is -0.465 e. The van der Waals surface area contributed by atoms with E-state index in [1.165, 1.54) is 19.2 Å². The zero-order valence-corrected chi connectivity index (χ0v) is 9.80. The second-order valence-electron chi connectivity index (χ2n) is 3.79. The topological polar surface area (TPSA) is 97.1 Å². The molecule has 1 aromatic carbocycles. The highest BCUT2D eigenvalue weighted by Gasteiger charge is 2.19. The van der Waals surface area contributed by atoms with Crippen LogP contribution in [0.3, 0.4) is 0 Å². The van der Waals surface area contributed by atoms with Crippen molar-refractivity contribution in [3.05, 3.63) is 39.4 Å². The Labute approximate surface area is 98.5 Å². The third-order valence-electron chi connectivity index (χ3n) is 2.54. The van der Waals surface area contributed by atoms with Gasteiger partial charge in [0.2, 0.25) is 0 Å². The molecular weight excluding hydrogens is 224 g/mol. The normalized spacial score (nSPS) is 11.9. The molecular formula is C11H15N2O4+. The van der Waals surface area contributed by atoms with Crippen LogP contribution in [0.1, 0.15) is 11.1 Å². The largest absolute Gasteiger partial charge is 0.465 e. The number of methoxy groups -OCH3 is 1. The Bertz CT molecular complexity index is 445. The molecule has 1 aromatic rings. The summed E-state index contributed by atoms with van der Waals surface area (Å²) in [5.41, 5.74) is 5.38. The van der Waals surface area contributed by atoms with Crippen LogP contribution in [0.15, 0.2) is 18.2 Å². The zero-order valence-electron chi connectivity index (χ0n) is 9.80. The molecule has 6 nitrogen and oxygen atoms in total. The van der Waals surface area contributed by atoms with Crippen molar-refractivity contribution in [2.75, 3.05) is 7.11 Å². The number of non-ortho nitro benzene ring substituents is 1. The van der Waals surface area contributed by atoms with Gasteiger partial charge in [-0.25, -0.2) is 4.79 Å². The van der Waals surface area contributed by atoms with Gasteiger partial charge in [-0.05, 0) is 18.1 Å². The smallest absolute Gasteiger partial charge is 0.364 e. The van der Waals surface area contributed by atoms with E-state index in [-0.39, 0.29) is 11.7 Å². The summed E-state index contributed by atoms with van der Waals surface area (Å²) < 4.78 is 4.58. The van der Waals surface area contributed by atoms with Gasteiger partial charge in [0, 0.05) is 18.6 Å². The Morgan fingerprint density at radius 1 is 1.59 bits per heavy atom. The molecule has 17 heavy (non-hydrogen) atoms. The summed E-state index contributed by atoms with van der Waals surface area (Å²) in [7, 11) is 1.31. The molecule has 0 saturated carbocycles. The average Bonchev–Trinajstić information content (AvgIpc) is 2.30. The number of nitro groups is 1. The fraction of sp³-hybridized carbons (Fsp3) is 0.364. The summed E-state index contributed by atoms with van der Waals surface area (Å²) in [6, 6.07) is 4.06. The van der Waals surface area contributed by atoms with E-state index >= 15 is 0 Å². The van der Waals surface area contributed by atoms with Crippen LogP contribution >= 0.6 is 0 Å². The number of nitrogens with zero attached hydrogens (tertiary/aromatic N) is 1. The summed E-state index contributed by atoms with van der Waals surface area (Å²) >= 11 is 0. The number of carbonyl (C=O) groups excluding carboxylic acids is 1. The number of rotatable bonds is 4. The van der Waals surface area contributed by atoms with Gasteiger partial charge in [0.1, 0.15) is 0 Å². The van der Waals surface area contributed by atoms with Crippen LogP contribution in [0.5, 0.6) is 0 Å². The molecule has 0 heterocycles. The predicted molar refractivity (Wildman–Crippen MR) is 60.2 cm³/mol. The number of ether oxygens (including phenoxy) is 1. The number of benzene rings is 1. The van der Waals surface area contributed by atoms with Gasteiger partial charge in [-0.1, -0.05) is 6.07 Å². The molecule has 0 aromatic heterocycles. The molecule has 1 unspecified atom stereocenters. The van der Waals surface area contributed by atoms with Crippen LogP contribution in [-0.2, 0) is 16.0 Å². The Balaban J connectivity index is 2.86. The third-order valence-corrected chi connectivity index (χ3v) is 2.54. The summed E-state index contributed by atoms with van der Waals surface area (Å²) in [5.74, 6) is -0.386. The van der Waals surface area contributed by atoms with E-state index in [4.69, 9.17) is 0 Å². The van der Waals surface area contributed by atoms with Gasteiger partial charge in [0.25, 0.3) is 5.69 Å². The average molecular weight is 239 g/mol. The molecule has 0 fully saturated rings. The van der Waals surface area contributed by atoms with Crippen molar-refractivity contribution in [1.82, 2.24) is 0 Å². The summed E-state index contributed by atoms with van der Waals surface area (Å²) in [4.78, 5) is 21.3. The molecule has 0 aliphatic rings. The maximum atomic E-state index is 11.2. The van der Waals surface area contributed by atoms with E-state index in [1.54, 1.807) is 13.0 Å². The maximum Gasteiger partial charge on any atom is 0.364 e. The molecule has 6 heteroatoms. The van der Waals surface area contributed by atoms with Crippen LogP contribution in [0.25, 0.3) is 0 Å². The minimum absolute atomic E-state index is 0.0462. The third kappa shape index (κ3) is 3.25. The van der Waals surface area contributed by atoms with Gasteiger partial charge in [0.05, 0.1) is 12.0 Å². The first-order valence-corrected chi connectivity index (χ1v) is 5.10. The van der Waals surface area contributed by atoms with Crippen LogP contribution < -0.4 is 5.73 Å². The van der Waals surface area contributed by atoms with E-state index in [1.807, 2.05) is 0 Å². The number of carbonyl (C=O) groups is 1. The standard InChI is InChI=1S/C11H14N2O4/c1-7-5-9(13(15)16)4-3-8(7)6-10(12)11(14)17-2/h3-5,10H,6,12H2,1-2H3/p+1. The Morgan fingerprint density at radius 2 is 2.24 bits per heavy atom. The second-order valence-corrected chi connectivity index (χ2v) is 3.79. The molecule has 0 radical (unpaired) electrons. The van der Waals surface area contributed by atoms with Crippen molar-refractivity contribution in [2.24, 2.45) is 0 Å². The molecule has 0 amide bonds. The van der Waals surface area contributed by atoms with Gasteiger partial charge >= 0.3 is 5.97 Å². The fourth-order valence-corrected chi connectivity index (χ4v) is 1.54. The molecule has 0 aliphatic heterocycles. The Morgan fingerprint density at radius 3 is 2.71 bits per heavy atom. The van der Waals surface area contributed by atoms with Crippen molar-refractivity contribution in [3.63, 3.8) is 0 Å². The Hall–Kier alpha value is -1.95. The summed E-state index contributed by atoms with van der Waals surface area (Å²) in [5, 5.41) is 10.6. The van der Waals surface area contributed by atoms with Crippen molar-refractivity contribution < 1.29 is 20.2 Å². The van der Waals surface area contributed by atoms with Gasteiger partial charge in [-0.2, -0.15) is 0 Å². The number of nitro benzene ring substituents is 1. The molecule has 0 saturated heterocycles. The van der Waals surface area contributed by atoms with Gasteiger partial charge in [-0.15, -0.1) is 0 Å². The second kappa shape index (κ2) is 5.40. The first-order valence-electron chi connectivity index (χ1n) is 5.10. The minimum atomic E-state index is -0.500. The van der Waals surface area contributed by atoms with Gasteiger partial charge < -0.3 is 10.5 Å². The SMILES string of the molecule is COC(=O)C([NH3+])Cc1ccc([N+](=O)[O-])cc1C. The summed E-state index contributed by atoms with van der Waals surface area (Å²) in [6.07, 6.45) is 0.413. The number of esters is 1. The molecule has 0 bridgehead atoms. The van der Waals surface area contributed by atoms with Gasteiger partial charge in [0.15, 0.2) is 6.04 Å². The zero-order chi connectivity index (χ0) is 13.0. The van der Waals surface area contributed by atoms with Crippen molar-refractivity contribution in [2.45, 2.75) is 19.4 Å². The molecule has 1 atom stereocenters. The van der Waals surface area contributed by atoms with Crippen molar-refractivity contribution in [1.29, 1.82) is 0 Å².